The number of carbonyl (C=O) groups is 1. The topological polar surface area (TPSA) is 58.4 Å². The highest BCUT2D eigenvalue weighted by atomic mass is 16.1. The summed E-state index contributed by atoms with van der Waals surface area (Å²) in [4.78, 5) is 13.7. The molecule has 3 N–H and O–H groups in total. The van der Waals surface area contributed by atoms with Crippen molar-refractivity contribution in [1.82, 2.24) is 10.2 Å². The van der Waals surface area contributed by atoms with Crippen LogP contribution in [-0.4, -0.2) is 43.5 Å². The number of amides is 1. The Morgan fingerprint density at radius 3 is 2.94 bits per heavy atom. The first kappa shape index (κ1) is 13.5. The minimum atomic E-state index is 0.158. The van der Waals surface area contributed by atoms with Crippen LogP contribution in [0.15, 0.2) is 0 Å². The maximum absolute atomic E-state index is 11.3. The van der Waals surface area contributed by atoms with E-state index in [2.05, 4.69) is 17.1 Å². The van der Waals surface area contributed by atoms with E-state index < -0.39 is 0 Å². The van der Waals surface area contributed by atoms with E-state index in [1.807, 2.05) is 6.92 Å². The summed E-state index contributed by atoms with van der Waals surface area (Å²) in [5.41, 5.74) is 5.75. The minimum Gasteiger partial charge on any atom is -0.356 e. The van der Waals surface area contributed by atoms with Crippen LogP contribution in [0.1, 0.15) is 26.7 Å². The zero-order chi connectivity index (χ0) is 12.0. The van der Waals surface area contributed by atoms with Gasteiger partial charge in [0.25, 0.3) is 0 Å². The van der Waals surface area contributed by atoms with Crippen molar-refractivity contribution in [3.05, 3.63) is 0 Å². The molecule has 2 unspecified atom stereocenters. The maximum Gasteiger partial charge on any atom is 0.221 e. The van der Waals surface area contributed by atoms with E-state index in [-0.39, 0.29) is 5.91 Å². The van der Waals surface area contributed by atoms with Crippen molar-refractivity contribution in [3.63, 3.8) is 0 Å². The molecule has 1 heterocycles. The van der Waals surface area contributed by atoms with E-state index in [4.69, 9.17) is 5.73 Å². The molecule has 1 fully saturated rings. The number of nitrogens with zero attached hydrogens (tertiary/aromatic N) is 1. The van der Waals surface area contributed by atoms with Crippen molar-refractivity contribution < 1.29 is 4.79 Å². The number of nitrogens with one attached hydrogen (secondary N) is 1. The molecule has 16 heavy (non-hydrogen) atoms. The monoisotopic (exact) mass is 227 g/mol. The van der Waals surface area contributed by atoms with Gasteiger partial charge in [-0.15, -0.1) is 0 Å². The van der Waals surface area contributed by atoms with Crippen molar-refractivity contribution >= 4 is 5.91 Å². The fourth-order valence-corrected chi connectivity index (χ4v) is 2.28. The molecule has 0 saturated carbocycles. The molecule has 4 heteroatoms. The normalized spacial score (nSPS) is 26.7. The second kappa shape index (κ2) is 6.86. The molecule has 0 bridgehead atoms. The zero-order valence-electron chi connectivity index (χ0n) is 10.5. The summed E-state index contributed by atoms with van der Waals surface area (Å²) >= 11 is 0. The van der Waals surface area contributed by atoms with Crippen molar-refractivity contribution in [1.29, 1.82) is 0 Å². The summed E-state index contributed by atoms with van der Waals surface area (Å²) in [6.07, 6.45) is 1.82. The molecular weight excluding hydrogens is 202 g/mol. The lowest BCUT2D eigenvalue weighted by molar-refractivity contribution is -0.121. The number of nitrogens with two attached hydrogens (primary N) is 1. The number of hydrogen-bond acceptors (Lipinski definition) is 3. The lowest BCUT2D eigenvalue weighted by Crippen LogP contribution is -2.43. The quantitative estimate of drug-likeness (QED) is 0.716. The molecule has 94 valence electrons. The highest BCUT2D eigenvalue weighted by molar-refractivity contribution is 5.75. The molecule has 1 aliphatic heterocycles. The molecule has 1 amide bonds. The summed E-state index contributed by atoms with van der Waals surface area (Å²) < 4.78 is 0. The van der Waals surface area contributed by atoms with E-state index in [9.17, 15) is 4.79 Å². The van der Waals surface area contributed by atoms with Crippen molar-refractivity contribution in [2.45, 2.75) is 26.7 Å². The average molecular weight is 227 g/mol. The smallest absolute Gasteiger partial charge is 0.221 e. The highest BCUT2D eigenvalue weighted by Gasteiger charge is 2.24. The molecule has 0 aliphatic carbocycles. The van der Waals surface area contributed by atoms with Gasteiger partial charge in [-0.2, -0.15) is 0 Å². The summed E-state index contributed by atoms with van der Waals surface area (Å²) in [6, 6.07) is 0. The van der Waals surface area contributed by atoms with E-state index >= 15 is 0 Å². The van der Waals surface area contributed by atoms with Gasteiger partial charge < -0.3 is 16.0 Å². The van der Waals surface area contributed by atoms with Gasteiger partial charge in [-0.3, -0.25) is 4.79 Å². The predicted octanol–water partition coefficient (Wildman–Crippen LogP) is 0.429. The van der Waals surface area contributed by atoms with Crippen LogP contribution in [0.3, 0.4) is 0 Å². The van der Waals surface area contributed by atoms with Crippen molar-refractivity contribution in [2.24, 2.45) is 17.6 Å². The standard InChI is InChI=1S/C12H25N3O/c1-3-14-12(16)5-7-15-6-4-10(2)11(8-13)9-15/h10-11H,3-9,13H2,1-2H3,(H,14,16). The third kappa shape index (κ3) is 4.10. The van der Waals surface area contributed by atoms with Crippen molar-refractivity contribution in [3.8, 4) is 0 Å². The summed E-state index contributed by atoms with van der Waals surface area (Å²) in [7, 11) is 0. The number of hydrogen-bond donors (Lipinski definition) is 2. The van der Waals surface area contributed by atoms with Crippen LogP contribution in [0.25, 0.3) is 0 Å². The molecule has 0 aromatic heterocycles. The fourth-order valence-electron chi connectivity index (χ4n) is 2.28. The minimum absolute atomic E-state index is 0.158. The van der Waals surface area contributed by atoms with Crippen LogP contribution >= 0.6 is 0 Å². The maximum atomic E-state index is 11.3. The van der Waals surface area contributed by atoms with Crippen LogP contribution in [0.4, 0.5) is 0 Å². The number of carbonyl (C=O) groups excluding carboxylic acids is 1. The van der Waals surface area contributed by atoms with Gasteiger partial charge in [0.05, 0.1) is 0 Å². The Bertz CT molecular complexity index is 220. The molecule has 0 spiro atoms. The average Bonchev–Trinajstić information content (AvgIpc) is 2.28. The van der Waals surface area contributed by atoms with Gasteiger partial charge in [-0.05, 0) is 38.3 Å². The van der Waals surface area contributed by atoms with Crippen LogP contribution in [0.5, 0.6) is 0 Å². The summed E-state index contributed by atoms with van der Waals surface area (Å²) in [5, 5.41) is 2.83. The van der Waals surface area contributed by atoms with E-state index in [1.165, 1.54) is 6.42 Å². The second-order valence-corrected chi connectivity index (χ2v) is 4.77. The van der Waals surface area contributed by atoms with Gasteiger partial charge in [0, 0.05) is 26.1 Å². The van der Waals surface area contributed by atoms with Gasteiger partial charge >= 0.3 is 0 Å². The fraction of sp³-hybridized carbons (Fsp3) is 0.917. The highest BCUT2D eigenvalue weighted by Crippen LogP contribution is 2.21. The van der Waals surface area contributed by atoms with Crippen LogP contribution < -0.4 is 11.1 Å². The number of piperidine rings is 1. The Kier molecular flexibility index (Phi) is 5.77. The Morgan fingerprint density at radius 1 is 1.56 bits per heavy atom. The number of likely N-dealkylation sites (tertiary alicyclic amines) is 1. The van der Waals surface area contributed by atoms with Crippen molar-refractivity contribution in [2.75, 3.05) is 32.7 Å². The van der Waals surface area contributed by atoms with Gasteiger partial charge in [-0.25, -0.2) is 0 Å². The molecule has 0 aromatic rings. The lowest BCUT2D eigenvalue weighted by Gasteiger charge is -2.36. The zero-order valence-corrected chi connectivity index (χ0v) is 10.5. The van der Waals surface area contributed by atoms with E-state index in [0.29, 0.717) is 12.3 Å². The Balaban J connectivity index is 2.25. The SMILES string of the molecule is CCNC(=O)CCN1CCC(C)C(CN)C1. The molecule has 1 saturated heterocycles. The third-order valence-electron chi connectivity index (χ3n) is 3.53. The van der Waals surface area contributed by atoms with E-state index in [1.54, 1.807) is 0 Å². The third-order valence-corrected chi connectivity index (χ3v) is 3.53. The van der Waals surface area contributed by atoms with Gasteiger partial charge in [0.15, 0.2) is 0 Å². The van der Waals surface area contributed by atoms with Gasteiger partial charge in [0.2, 0.25) is 5.91 Å². The molecule has 0 radical (unpaired) electrons. The lowest BCUT2D eigenvalue weighted by atomic mass is 9.87. The molecule has 1 rings (SSSR count). The second-order valence-electron chi connectivity index (χ2n) is 4.77. The Hall–Kier alpha value is -0.610. The first-order valence-electron chi connectivity index (χ1n) is 6.36. The van der Waals surface area contributed by atoms with Gasteiger partial charge in [-0.1, -0.05) is 6.92 Å². The van der Waals surface area contributed by atoms with Gasteiger partial charge in [0.1, 0.15) is 0 Å². The molecular formula is C12H25N3O. The van der Waals surface area contributed by atoms with Crippen LogP contribution in [0, 0.1) is 11.8 Å². The first-order valence-corrected chi connectivity index (χ1v) is 6.36. The van der Waals surface area contributed by atoms with Crippen LogP contribution in [-0.2, 0) is 4.79 Å². The number of rotatable bonds is 5. The van der Waals surface area contributed by atoms with Crippen LogP contribution in [0.2, 0.25) is 0 Å². The largest absolute Gasteiger partial charge is 0.356 e. The summed E-state index contributed by atoms with van der Waals surface area (Å²) in [6.45, 7) is 8.74. The first-order chi connectivity index (χ1) is 7.67. The Labute approximate surface area is 98.6 Å². The molecule has 4 nitrogen and oxygen atoms in total. The summed E-state index contributed by atoms with van der Waals surface area (Å²) in [5.74, 6) is 1.49. The van der Waals surface area contributed by atoms with E-state index in [0.717, 1.165) is 38.6 Å². The predicted molar refractivity (Wildman–Crippen MR) is 66.1 cm³/mol. The molecule has 0 aromatic carbocycles. The Morgan fingerprint density at radius 2 is 2.31 bits per heavy atom. The molecule has 1 aliphatic rings. The molecule has 2 atom stereocenters.